The number of halogens is 4. The van der Waals surface area contributed by atoms with Crippen LogP contribution in [0.1, 0.15) is 0 Å². The Labute approximate surface area is 134 Å². The molecule has 0 radical (unpaired) electrons. The van der Waals surface area contributed by atoms with Crippen LogP contribution in [0.25, 0.3) is 20.2 Å². The van der Waals surface area contributed by atoms with Crippen molar-refractivity contribution in [2.45, 2.75) is 0 Å². The van der Waals surface area contributed by atoms with Crippen LogP contribution < -0.4 is 0 Å². The van der Waals surface area contributed by atoms with E-state index in [4.69, 9.17) is 0 Å². The lowest BCUT2D eigenvalue weighted by Crippen LogP contribution is -1.66. The van der Waals surface area contributed by atoms with Gasteiger partial charge in [0.05, 0.1) is 16.5 Å². The molecule has 0 nitrogen and oxygen atoms in total. The Hall–Kier alpha value is 1.06. The molecule has 0 aliphatic heterocycles. The Morgan fingerprint density at radius 1 is 0.688 bits per heavy atom. The fourth-order valence-electron chi connectivity index (χ4n) is 1.57. The minimum Gasteiger partial charge on any atom is -0.127 e. The first-order valence-corrected chi connectivity index (χ1v) is 9.03. The molecule has 0 saturated heterocycles. The molecular formula is C10H2Br4S2. The van der Waals surface area contributed by atoms with E-state index in [1.54, 1.807) is 22.7 Å². The van der Waals surface area contributed by atoms with Crippen LogP contribution >= 0.6 is 86.4 Å². The van der Waals surface area contributed by atoms with Crippen LogP contribution in [-0.2, 0) is 0 Å². The van der Waals surface area contributed by atoms with Gasteiger partial charge in [-0.1, -0.05) is 0 Å². The van der Waals surface area contributed by atoms with Gasteiger partial charge in [-0.05, 0) is 75.9 Å². The number of rotatable bonds is 0. The summed E-state index contributed by atoms with van der Waals surface area (Å²) in [4.78, 5) is 0. The van der Waals surface area contributed by atoms with Crippen molar-refractivity contribution in [1.29, 1.82) is 0 Å². The first kappa shape index (κ1) is 12.1. The predicted octanol–water partition coefficient (Wildman–Crippen LogP) is 7.17. The van der Waals surface area contributed by atoms with Crippen molar-refractivity contribution in [3.8, 4) is 0 Å². The Kier molecular flexibility index (Phi) is 3.27. The molecule has 3 aromatic rings. The minimum absolute atomic E-state index is 1.14. The fourth-order valence-corrected chi connectivity index (χ4v) is 6.20. The van der Waals surface area contributed by atoms with Gasteiger partial charge in [-0.15, -0.1) is 22.7 Å². The van der Waals surface area contributed by atoms with Crippen molar-refractivity contribution in [3.63, 3.8) is 0 Å². The normalized spacial score (nSPS) is 11.8. The largest absolute Gasteiger partial charge is 0.127 e. The summed E-state index contributed by atoms with van der Waals surface area (Å²) in [7, 11) is 0. The van der Waals surface area contributed by atoms with Gasteiger partial charge < -0.3 is 0 Å². The van der Waals surface area contributed by atoms with E-state index < -0.39 is 0 Å². The van der Waals surface area contributed by atoms with E-state index in [1.165, 1.54) is 20.2 Å². The Balaban J connectivity index is 2.53. The summed E-state index contributed by atoms with van der Waals surface area (Å²) in [6.07, 6.45) is 0. The summed E-state index contributed by atoms with van der Waals surface area (Å²) in [6.45, 7) is 0. The molecule has 0 aliphatic carbocycles. The molecule has 0 saturated carbocycles. The summed E-state index contributed by atoms with van der Waals surface area (Å²) in [5, 5.41) is 2.52. The van der Waals surface area contributed by atoms with Crippen molar-refractivity contribution < 1.29 is 0 Å². The predicted molar refractivity (Wildman–Crippen MR) is 88.0 cm³/mol. The molecule has 0 bridgehead atoms. The average molecular weight is 506 g/mol. The highest BCUT2D eigenvalue weighted by molar-refractivity contribution is 9.14. The van der Waals surface area contributed by atoms with Crippen LogP contribution in [0.15, 0.2) is 28.7 Å². The van der Waals surface area contributed by atoms with E-state index in [2.05, 4.69) is 75.9 Å². The standard InChI is InChI=1S/C10H2Br4S2/c11-7-3-1-4-6(16-10(14)8(4)12)2-5(3)15-9(7)13/h1-2H. The van der Waals surface area contributed by atoms with Crippen LogP contribution in [0.2, 0.25) is 0 Å². The molecule has 0 aliphatic rings. The monoisotopic (exact) mass is 502 g/mol. The van der Waals surface area contributed by atoms with Gasteiger partial charge in [0.25, 0.3) is 0 Å². The third kappa shape index (κ3) is 1.77. The Morgan fingerprint density at radius 3 is 1.56 bits per heavy atom. The van der Waals surface area contributed by atoms with Gasteiger partial charge in [0.15, 0.2) is 0 Å². The zero-order valence-electron chi connectivity index (χ0n) is 7.48. The summed E-state index contributed by atoms with van der Waals surface area (Å²) >= 11 is 17.8. The van der Waals surface area contributed by atoms with Gasteiger partial charge >= 0.3 is 0 Å². The molecule has 1 aromatic carbocycles. The maximum atomic E-state index is 3.61. The molecule has 0 amide bonds. The van der Waals surface area contributed by atoms with Gasteiger partial charge in [0.1, 0.15) is 0 Å². The van der Waals surface area contributed by atoms with Crippen molar-refractivity contribution in [1.82, 2.24) is 0 Å². The van der Waals surface area contributed by atoms with Crippen LogP contribution in [-0.4, -0.2) is 0 Å². The molecular weight excluding hydrogens is 504 g/mol. The zero-order valence-corrected chi connectivity index (χ0v) is 15.5. The van der Waals surface area contributed by atoms with E-state index in [1.807, 2.05) is 0 Å². The lowest BCUT2D eigenvalue weighted by molar-refractivity contribution is 1.87. The van der Waals surface area contributed by atoms with Crippen LogP contribution in [0.5, 0.6) is 0 Å². The molecule has 82 valence electrons. The highest BCUT2D eigenvalue weighted by Crippen LogP contribution is 2.46. The SMILES string of the molecule is Brc1sc2cc3sc(Br)c(Br)c3cc2c1Br. The third-order valence-corrected chi connectivity index (χ3v) is 9.18. The molecule has 16 heavy (non-hydrogen) atoms. The third-order valence-electron chi connectivity index (χ3n) is 2.30. The number of fused-ring (bicyclic) bond motifs is 2. The summed E-state index contributed by atoms with van der Waals surface area (Å²) in [5.41, 5.74) is 0. The van der Waals surface area contributed by atoms with E-state index in [0.29, 0.717) is 0 Å². The Morgan fingerprint density at radius 2 is 1.12 bits per heavy atom. The molecule has 3 rings (SSSR count). The van der Waals surface area contributed by atoms with Crippen molar-refractivity contribution in [2.75, 3.05) is 0 Å². The van der Waals surface area contributed by atoms with Crippen LogP contribution in [0.4, 0.5) is 0 Å². The van der Waals surface area contributed by atoms with Crippen molar-refractivity contribution in [2.24, 2.45) is 0 Å². The van der Waals surface area contributed by atoms with Crippen LogP contribution in [0, 0.1) is 0 Å². The number of thiophene rings is 2. The second kappa shape index (κ2) is 4.31. The second-order valence-electron chi connectivity index (χ2n) is 3.22. The number of benzene rings is 1. The van der Waals surface area contributed by atoms with Gasteiger partial charge in [0.2, 0.25) is 0 Å². The molecule has 0 unspecified atom stereocenters. The second-order valence-corrected chi connectivity index (χ2v) is 9.55. The number of hydrogen-bond acceptors (Lipinski definition) is 2. The van der Waals surface area contributed by atoms with Crippen molar-refractivity contribution in [3.05, 3.63) is 28.7 Å². The van der Waals surface area contributed by atoms with E-state index in [0.717, 1.165) is 16.5 Å². The van der Waals surface area contributed by atoms with E-state index >= 15 is 0 Å². The van der Waals surface area contributed by atoms with Gasteiger partial charge in [-0.3, -0.25) is 0 Å². The smallest absolute Gasteiger partial charge is 0.0853 e. The molecule has 6 heteroatoms. The summed E-state index contributed by atoms with van der Waals surface area (Å²) < 4.78 is 7.18. The van der Waals surface area contributed by atoms with E-state index in [9.17, 15) is 0 Å². The maximum absolute atomic E-state index is 3.61. The zero-order chi connectivity index (χ0) is 11.4. The Bertz CT molecular complexity index is 653. The van der Waals surface area contributed by atoms with Gasteiger partial charge in [0, 0.05) is 20.2 Å². The molecule has 0 fully saturated rings. The molecule has 2 aromatic heterocycles. The van der Waals surface area contributed by atoms with Crippen LogP contribution in [0.3, 0.4) is 0 Å². The number of hydrogen-bond donors (Lipinski definition) is 0. The molecule has 0 N–H and O–H groups in total. The lowest BCUT2D eigenvalue weighted by atomic mass is 10.2. The lowest BCUT2D eigenvalue weighted by Gasteiger charge is -1.93. The maximum Gasteiger partial charge on any atom is 0.0853 e. The molecule has 0 atom stereocenters. The van der Waals surface area contributed by atoms with Gasteiger partial charge in [-0.2, -0.15) is 0 Å². The highest BCUT2D eigenvalue weighted by Gasteiger charge is 2.13. The fraction of sp³-hybridized carbons (Fsp3) is 0. The molecule has 2 heterocycles. The van der Waals surface area contributed by atoms with Gasteiger partial charge in [-0.25, -0.2) is 0 Å². The molecule has 0 spiro atoms. The summed E-state index contributed by atoms with van der Waals surface area (Å²) in [6, 6.07) is 4.46. The van der Waals surface area contributed by atoms with E-state index in [-0.39, 0.29) is 0 Å². The quantitative estimate of drug-likeness (QED) is 0.304. The van der Waals surface area contributed by atoms with Crippen molar-refractivity contribution >= 4 is 107 Å². The summed E-state index contributed by atoms with van der Waals surface area (Å²) in [5.74, 6) is 0. The highest BCUT2D eigenvalue weighted by atomic mass is 79.9. The average Bonchev–Trinajstić information content (AvgIpc) is 2.66. The first-order chi connectivity index (χ1) is 7.58. The topological polar surface area (TPSA) is 0 Å². The first-order valence-electron chi connectivity index (χ1n) is 4.23. The minimum atomic E-state index is 1.14.